The second kappa shape index (κ2) is 3.56. The van der Waals surface area contributed by atoms with Crippen LogP contribution in [0.4, 0.5) is 0 Å². The molecule has 1 aromatic carbocycles. The Kier molecular flexibility index (Phi) is 2.54. The highest BCUT2D eigenvalue weighted by atomic mass is 35.5. The van der Waals surface area contributed by atoms with Gasteiger partial charge < -0.3 is 4.74 Å². The summed E-state index contributed by atoms with van der Waals surface area (Å²) >= 11 is 5.85. The van der Waals surface area contributed by atoms with Crippen LogP contribution in [0.3, 0.4) is 0 Å². The van der Waals surface area contributed by atoms with Crippen molar-refractivity contribution in [3.8, 4) is 0 Å². The fourth-order valence-electron chi connectivity index (χ4n) is 1.88. The van der Waals surface area contributed by atoms with Crippen LogP contribution in [0, 0.1) is 5.92 Å². The van der Waals surface area contributed by atoms with E-state index in [2.05, 4.69) is 26.0 Å². The lowest BCUT2D eigenvalue weighted by Crippen LogP contribution is -2.18. The molecule has 0 aromatic heterocycles. The zero-order chi connectivity index (χ0) is 10.2. The fraction of sp³-hybridized carbons (Fsp3) is 0.500. The summed E-state index contributed by atoms with van der Waals surface area (Å²) in [6, 6.07) is 8.01. The van der Waals surface area contributed by atoms with Crippen LogP contribution in [0.5, 0.6) is 0 Å². The number of benzene rings is 1. The molecule has 1 aromatic rings. The molecular formula is C12H15ClO. The van der Waals surface area contributed by atoms with Crippen molar-refractivity contribution in [3.05, 3.63) is 34.9 Å². The lowest BCUT2D eigenvalue weighted by molar-refractivity contribution is 0.225. The monoisotopic (exact) mass is 210 g/mol. The first-order valence-electron chi connectivity index (χ1n) is 5.09. The van der Waals surface area contributed by atoms with E-state index in [0.29, 0.717) is 5.92 Å². The van der Waals surface area contributed by atoms with Gasteiger partial charge in [0.25, 0.3) is 0 Å². The molecule has 1 nitrogen and oxygen atoms in total. The first-order valence-corrected chi connectivity index (χ1v) is 5.47. The molecule has 0 saturated carbocycles. The van der Waals surface area contributed by atoms with Crippen LogP contribution >= 0.6 is 11.6 Å². The quantitative estimate of drug-likeness (QED) is 0.695. The zero-order valence-corrected chi connectivity index (χ0v) is 9.34. The number of halogens is 1. The van der Waals surface area contributed by atoms with Gasteiger partial charge in [-0.05, 0) is 23.6 Å². The third-order valence-electron chi connectivity index (χ3n) is 3.20. The SMILES string of the molecule is CCC(C)C1(c2ccc(Cl)cc2)CO1. The minimum atomic E-state index is -0.0145. The molecule has 1 aliphatic heterocycles. The topological polar surface area (TPSA) is 12.5 Å². The van der Waals surface area contributed by atoms with Crippen LogP contribution < -0.4 is 0 Å². The summed E-state index contributed by atoms with van der Waals surface area (Å²) in [5, 5.41) is 0.786. The van der Waals surface area contributed by atoms with Crippen LogP contribution in [0.1, 0.15) is 25.8 Å². The Morgan fingerprint density at radius 1 is 1.43 bits per heavy atom. The van der Waals surface area contributed by atoms with Gasteiger partial charge in [-0.2, -0.15) is 0 Å². The van der Waals surface area contributed by atoms with Crippen LogP contribution in [0.15, 0.2) is 24.3 Å². The van der Waals surface area contributed by atoms with E-state index >= 15 is 0 Å². The van der Waals surface area contributed by atoms with Gasteiger partial charge in [0.1, 0.15) is 5.60 Å². The summed E-state index contributed by atoms with van der Waals surface area (Å²) in [5.74, 6) is 0.573. The molecule has 2 atom stereocenters. The number of rotatable bonds is 3. The van der Waals surface area contributed by atoms with Gasteiger partial charge in [0.05, 0.1) is 6.61 Å². The van der Waals surface area contributed by atoms with Crippen molar-refractivity contribution >= 4 is 11.6 Å². The molecule has 2 heteroatoms. The van der Waals surface area contributed by atoms with Gasteiger partial charge in [0, 0.05) is 5.02 Å². The van der Waals surface area contributed by atoms with Crippen LogP contribution in [0.2, 0.25) is 5.02 Å². The summed E-state index contributed by atoms with van der Waals surface area (Å²) in [4.78, 5) is 0. The number of ether oxygens (including phenoxy) is 1. The van der Waals surface area contributed by atoms with Crippen molar-refractivity contribution in [2.24, 2.45) is 5.92 Å². The maximum atomic E-state index is 5.85. The largest absolute Gasteiger partial charge is 0.364 e. The van der Waals surface area contributed by atoms with Crippen molar-refractivity contribution < 1.29 is 4.74 Å². The van der Waals surface area contributed by atoms with Gasteiger partial charge in [-0.1, -0.05) is 44.0 Å². The molecule has 0 N–H and O–H groups in total. The van der Waals surface area contributed by atoms with Crippen LogP contribution in [-0.4, -0.2) is 6.61 Å². The Bertz CT molecular complexity index is 314. The van der Waals surface area contributed by atoms with E-state index in [0.717, 1.165) is 18.1 Å². The molecule has 1 fully saturated rings. The average Bonchev–Trinajstić information content (AvgIpc) is 2.99. The van der Waals surface area contributed by atoms with Gasteiger partial charge in [0.15, 0.2) is 0 Å². The Morgan fingerprint density at radius 3 is 2.43 bits per heavy atom. The van der Waals surface area contributed by atoms with Crippen molar-refractivity contribution in [3.63, 3.8) is 0 Å². The standard InChI is InChI=1S/C12H15ClO/c1-3-9(2)12(8-14-12)10-4-6-11(13)7-5-10/h4-7,9H,3,8H2,1-2H3. The highest BCUT2D eigenvalue weighted by Gasteiger charge is 2.50. The summed E-state index contributed by atoms with van der Waals surface area (Å²) in [6.07, 6.45) is 1.14. The Labute approximate surface area is 90.0 Å². The van der Waals surface area contributed by atoms with Crippen molar-refractivity contribution in [2.75, 3.05) is 6.61 Å². The maximum absolute atomic E-state index is 5.85. The van der Waals surface area contributed by atoms with E-state index in [1.807, 2.05) is 12.1 Å². The van der Waals surface area contributed by atoms with E-state index in [1.165, 1.54) is 5.56 Å². The van der Waals surface area contributed by atoms with E-state index in [-0.39, 0.29) is 5.60 Å². The Hall–Kier alpha value is -0.530. The molecule has 2 rings (SSSR count). The van der Waals surface area contributed by atoms with Crippen molar-refractivity contribution in [1.29, 1.82) is 0 Å². The van der Waals surface area contributed by atoms with Crippen molar-refractivity contribution in [2.45, 2.75) is 25.9 Å². The molecule has 0 bridgehead atoms. The normalized spacial score (nSPS) is 27.4. The third kappa shape index (κ3) is 1.55. The molecule has 2 unspecified atom stereocenters. The molecule has 0 radical (unpaired) electrons. The second-order valence-corrected chi connectivity index (χ2v) is 4.43. The maximum Gasteiger partial charge on any atom is 0.119 e. The molecule has 1 heterocycles. The van der Waals surface area contributed by atoms with E-state index in [9.17, 15) is 0 Å². The molecule has 1 aliphatic rings. The molecular weight excluding hydrogens is 196 g/mol. The minimum Gasteiger partial charge on any atom is -0.364 e. The predicted molar refractivity (Wildman–Crippen MR) is 58.5 cm³/mol. The second-order valence-electron chi connectivity index (χ2n) is 3.99. The number of hydrogen-bond donors (Lipinski definition) is 0. The molecule has 76 valence electrons. The Morgan fingerprint density at radius 2 is 2.00 bits per heavy atom. The van der Waals surface area contributed by atoms with Gasteiger partial charge in [-0.15, -0.1) is 0 Å². The molecule has 0 amide bonds. The van der Waals surface area contributed by atoms with Gasteiger partial charge >= 0.3 is 0 Å². The summed E-state index contributed by atoms with van der Waals surface area (Å²) in [6.45, 7) is 5.29. The van der Waals surface area contributed by atoms with E-state index in [1.54, 1.807) is 0 Å². The first-order chi connectivity index (χ1) is 6.69. The van der Waals surface area contributed by atoms with Gasteiger partial charge in [-0.25, -0.2) is 0 Å². The summed E-state index contributed by atoms with van der Waals surface area (Å²) in [5.41, 5.74) is 1.25. The fourth-order valence-corrected chi connectivity index (χ4v) is 2.00. The smallest absolute Gasteiger partial charge is 0.119 e. The zero-order valence-electron chi connectivity index (χ0n) is 8.59. The Balaban J connectivity index is 2.26. The molecule has 14 heavy (non-hydrogen) atoms. The third-order valence-corrected chi connectivity index (χ3v) is 3.45. The van der Waals surface area contributed by atoms with E-state index in [4.69, 9.17) is 16.3 Å². The highest BCUT2D eigenvalue weighted by molar-refractivity contribution is 6.30. The summed E-state index contributed by atoms with van der Waals surface area (Å²) in [7, 11) is 0. The van der Waals surface area contributed by atoms with E-state index < -0.39 is 0 Å². The average molecular weight is 211 g/mol. The lowest BCUT2D eigenvalue weighted by atomic mass is 9.86. The number of epoxide rings is 1. The van der Waals surface area contributed by atoms with Gasteiger partial charge in [-0.3, -0.25) is 0 Å². The van der Waals surface area contributed by atoms with Crippen molar-refractivity contribution in [1.82, 2.24) is 0 Å². The predicted octanol–water partition coefficient (Wildman–Crippen LogP) is 3.61. The molecule has 1 saturated heterocycles. The summed E-state index contributed by atoms with van der Waals surface area (Å²) < 4.78 is 5.63. The van der Waals surface area contributed by atoms with Crippen LogP contribution in [-0.2, 0) is 10.3 Å². The minimum absolute atomic E-state index is 0.0145. The van der Waals surface area contributed by atoms with Gasteiger partial charge in [0.2, 0.25) is 0 Å². The molecule has 0 aliphatic carbocycles. The first kappa shape index (κ1) is 10.0. The lowest BCUT2D eigenvalue weighted by Gasteiger charge is -2.18. The van der Waals surface area contributed by atoms with Crippen LogP contribution in [0.25, 0.3) is 0 Å². The highest BCUT2D eigenvalue weighted by Crippen LogP contribution is 2.46. The molecule has 0 spiro atoms. The number of hydrogen-bond acceptors (Lipinski definition) is 1.